The van der Waals surface area contributed by atoms with Gasteiger partial charge in [0.05, 0.1) is 0 Å². The SMILES string of the molecule is N/C(=N\O)c1ccc(C(=O)NCc2ccc(F)cc2)cc1. The van der Waals surface area contributed by atoms with Crippen LogP contribution in [0.4, 0.5) is 4.39 Å². The molecule has 0 aliphatic rings. The van der Waals surface area contributed by atoms with Crippen molar-refractivity contribution >= 4 is 11.7 Å². The summed E-state index contributed by atoms with van der Waals surface area (Å²) in [6.45, 7) is 0.307. The summed E-state index contributed by atoms with van der Waals surface area (Å²) in [6.07, 6.45) is 0. The van der Waals surface area contributed by atoms with E-state index in [1.807, 2.05) is 0 Å². The zero-order valence-corrected chi connectivity index (χ0v) is 11.1. The number of carbonyl (C=O) groups is 1. The van der Waals surface area contributed by atoms with Crippen LogP contribution in [0.3, 0.4) is 0 Å². The summed E-state index contributed by atoms with van der Waals surface area (Å²) in [5.41, 5.74) is 7.21. The first-order chi connectivity index (χ1) is 10.1. The van der Waals surface area contributed by atoms with E-state index in [2.05, 4.69) is 10.5 Å². The van der Waals surface area contributed by atoms with Gasteiger partial charge in [0, 0.05) is 17.7 Å². The summed E-state index contributed by atoms with van der Waals surface area (Å²) < 4.78 is 12.8. The summed E-state index contributed by atoms with van der Waals surface area (Å²) in [7, 11) is 0. The van der Waals surface area contributed by atoms with Crippen LogP contribution in [0.5, 0.6) is 0 Å². The molecular weight excluding hydrogens is 273 g/mol. The maximum atomic E-state index is 12.8. The lowest BCUT2D eigenvalue weighted by Crippen LogP contribution is -2.23. The molecule has 0 spiro atoms. The molecule has 2 aromatic rings. The number of benzene rings is 2. The van der Waals surface area contributed by atoms with Gasteiger partial charge in [-0.2, -0.15) is 0 Å². The first-order valence-electron chi connectivity index (χ1n) is 6.21. The lowest BCUT2D eigenvalue weighted by atomic mass is 10.1. The van der Waals surface area contributed by atoms with E-state index in [4.69, 9.17) is 10.9 Å². The predicted molar refractivity (Wildman–Crippen MR) is 76.5 cm³/mol. The van der Waals surface area contributed by atoms with Crippen LogP contribution in [0.25, 0.3) is 0 Å². The van der Waals surface area contributed by atoms with Gasteiger partial charge < -0.3 is 16.3 Å². The normalized spacial score (nSPS) is 11.2. The van der Waals surface area contributed by atoms with Crippen LogP contribution in [0, 0.1) is 5.82 Å². The molecule has 0 aliphatic heterocycles. The lowest BCUT2D eigenvalue weighted by molar-refractivity contribution is 0.0951. The second kappa shape index (κ2) is 6.51. The number of nitrogens with one attached hydrogen (secondary N) is 1. The van der Waals surface area contributed by atoms with Crippen LogP contribution in [0.1, 0.15) is 21.5 Å². The molecule has 2 aromatic carbocycles. The molecule has 0 saturated carbocycles. The van der Waals surface area contributed by atoms with Crippen LogP contribution in [0.15, 0.2) is 53.7 Å². The molecule has 0 saturated heterocycles. The monoisotopic (exact) mass is 287 g/mol. The second-order valence-corrected chi connectivity index (χ2v) is 4.37. The van der Waals surface area contributed by atoms with Crippen molar-refractivity contribution in [1.82, 2.24) is 5.32 Å². The average Bonchev–Trinajstić information content (AvgIpc) is 2.53. The summed E-state index contributed by atoms with van der Waals surface area (Å²) >= 11 is 0. The fourth-order valence-corrected chi connectivity index (χ4v) is 1.74. The Morgan fingerprint density at radius 1 is 1.10 bits per heavy atom. The molecule has 0 fully saturated rings. The van der Waals surface area contributed by atoms with E-state index >= 15 is 0 Å². The maximum absolute atomic E-state index is 12.8. The van der Waals surface area contributed by atoms with Crippen molar-refractivity contribution in [2.24, 2.45) is 10.9 Å². The highest BCUT2D eigenvalue weighted by Gasteiger charge is 2.06. The Balaban J connectivity index is 1.98. The predicted octanol–water partition coefficient (Wildman–Crippen LogP) is 1.85. The minimum atomic E-state index is -0.316. The Morgan fingerprint density at radius 2 is 1.67 bits per heavy atom. The highest BCUT2D eigenvalue weighted by atomic mass is 19.1. The van der Waals surface area contributed by atoms with E-state index < -0.39 is 0 Å². The number of amides is 1. The van der Waals surface area contributed by atoms with E-state index in [1.54, 1.807) is 36.4 Å². The first-order valence-corrected chi connectivity index (χ1v) is 6.21. The number of carbonyl (C=O) groups excluding carboxylic acids is 1. The highest BCUT2D eigenvalue weighted by Crippen LogP contribution is 2.06. The molecular formula is C15H14FN3O2. The first kappa shape index (κ1) is 14.5. The topological polar surface area (TPSA) is 87.7 Å². The number of halogens is 1. The van der Waals surface area contributed by atoms with E-state index in [9.17, 15) is 9.18 Å². The van der Waals surface area contributed by atoms with E-state index in [-0.39, 0.29) is 17.6 Å². The van der Waals surface area contributed by atoms with Gasteiger partial charge in [-0.3, -0.25) is 4.79 Å². The van der Waals surface area contributed by atoms with Gasteiger partial charge in [-0.15, -0.1) is 0 Å². The molecule has 1 amide bonds. The molecule has 0 radical (unpaired) electrons. The van der Waals surface area contributed by atoms with E-state index in [0.29, 0.717) is 17.7 Å². The molecule has 0 atom stereocenters. The third kappa shape index (κ3) is 3.79. The quantitative estimate of drug-likeness (QED) is 0.347. The summed E-state index contributed by atoms with van der Waals surface area (Å²) in [4.78, 5) is 11.9. The number of nitrogens with two attached hydrogens (primary N) is 1. The van der Waals surface area contributed by atoms with Crippen molar-refractivity contribution in [2.45, 2.75) is 6.54 Å². The Morgan fingerprint density at radius 3 is 2.24 bits per heavy atom. The Labute approximate surface area is 120 Å². The Hall–Kier alpha value is -2.89. The van der Waals surface area contributed by atoms with Crippen LogP contribution in [-0.2, 0) is 6.54 Å². The van der Waals surface area contributed by atoms with Gasteiger partial charge >= 0.3 is 0 Å². The third-order valence-corrected chi connectivity index (χ3v) is 2.92. The van der Waals surface area contributed by atoms with Crippen molar-refractivity contribution in [3.8, 4) is 0 Å². The molecule has 0 aliphatic carbocycles. The Bertz CT molecular complexity index is 652. The van der Waals surface area contributed by atoms with Gasteiger partial charge in [0.25, 0.3) is 5.91 Å². The molecule has 21 heavy (non-hydrogen) atoms. The molecule has 0 unspecified atom stereocenters. The minimum absolute atomic E-state index is 0.0201. The smallest absolute Gasteiger partial charge is 0.251 e. The zero-order valence-electron chi connectivity index (χ0n) is 11.1. The fraction of sp³-hybridized carbons (Fsp3) is 0.0667. The molecule has 4 N–H and O–H groups in total. The average molecular weight is 287 g/mol. The standard InChI is InChI=1S/C15H14FN3O2/c16-13-7-1-10(2-8-13)9-18-15(20)12-5-3-11(4-6-12)14(17)19-21/h1-8,21H,9H2,(H2,17,19)(H,18,20). The summed E-state index contributed by atoms with van der Waals surface area (Å²) in [5, 5.41) is 14.2. The minimum Gasteiger partial charge on any atom is -0.409 e. The lowest BCUT2D eigenvalue weighted by Gasteiger charge is -2.06. The second-order valence-electron chi connectivity index (χ2n) is 4.37. The van der Waals surface area contributed by atoms with Gasteiger partial charge in [0.1, 0.15) is 5.82 Å². The van der Waals surface area contributed by atoms with Gasteiger partial charge in [-0.1, -0.05) is 29.4 Å². The van der Waals surface area contributed by atoms with Crippen LogP contribution < -0.4 is 11.1 Å². The molecule has 6 heteroatoms. The van der Waals surface area contributed by atoms with Crippen molar-refractivity contribution < 1.29 is 14.4 Å². The van der Waals surface area contributed by atoms with E-state index in [1.165, 1.54) is 12.1 Å². The number of rotatable bonds is 4. The van der Waals surface area contributed by atoms with Crippen LogP contribution in [-0.4, -0.2) is 17.0 Å². The van der Waals surface area contributed by atoms with Gasteiger partial charge in [-0.05, 0) is 29.8 Å². The molecule has 108 valence electrons. The maximum Gasteiger partial charge on any atom is 0.251 e. The number of oxime groups is 1. The summed E-state index contributed by atoms with van der Waals surface area (Å²) in [5.74, 6) is -0.595. The summed E-state index contributed by atoms with van der Waals surface area (Å²) in [6, 6.07) is 12.2. The Kier molecular flexibility index (Phi) is 4.50. The van der Waals surface area contributed by atoms with Gasteiger partial charge in [0.15, 0.2) is 5.84 Å². The highest BCUT2D eigenvalue weighted by molar-refractivity contribution is 5.99. The van der Waals surface area contributed by atoms with Crippen LogP contribution in [0.2, 0.25) is 0 Å². The number of hydrogen-bond acceptors (Lipinski definition) is 3. The number of amidine groups is 1. The van der Waals surface area contributed by atoms with Crippen molar-refractivity contribution in [3.05, 3.63) is 71.0 Å². The molecule has 2 rings (SSSR count). The molecule has 0 heterocycles. The zero-order chi connectivity index (χ0) is 15.2. The van der Waals surface area contributed by atoms with Crippen molar-refractivity contribution in [2.75, 3.05) is 0 Å². The number of hydrogen-bond donors (Lipinski definition) is 3. The largest absolute Gasteiger partial charge is 0.409 e. The van der Waals surface area contributed by atoms with E-state index in [0.717, 1.165) is 5.56 Å². The molecule has 0 aromatic heterocycles. The fourth-order valence-electron chi connectivity index (χ4n) is 1.74. The van der Waals surface area contributed by atoms with Crippen molar-refractivity contribution in [1.29, 1.82) is 0 Å². The van der Waals surface area contributed by atoms with Gasteiger partial charge in [0.2, 0.25) is 0 Å². The number of nitrogens with zero attached hydrogens (tertiary/aromatic N) is 1. The third-order valence-electron chi connectivity index (χ3n) is 2.92. The van der Waals surface area contributed by atoms with Crippen molar-refractivity contribution in [3.63, 3.8) is 0 Å². The van der Waals surface area contributed by atoms with Gasteiger partial charge in [-0.25, -0.2) is 4.39 Å². The van der Waals surface area contributed by atoms with Crippen LogP contribution >= 0.6 is 0 Å². The molecule has 0 bridgehead atoms. The molecule has 5 nitrogen and oxygen atoms in total.